The second-order valence-electron chi connectivity index (χ2n) is 3.50. The Hall–Kier alpha value is -0.690. The van der Waals surface area contributed by atoms with E-state index in [0.29, 0.717) is 25.5 Å². The van der Waals surface area contributed by atoms with Gasteiger partial charge in [0.2, 0.25) is 0 Å². The lowest BCUT2D eigenvalue weighted by atomic mass is 10.2. The minimum absolute atomic E-state index is 0.0341. The smallest absolute Gasteiger partial charge is 0.134 e. The van der Waals surface area contributed by atoms with Gasteiger partial charge in [-0.1, -0.05) is 0 Å². The average Bonchev–Trinajstić information content (AvgIpc) is 2.34. The van der Waals surface area contributed by atoms with Gasteiger partial charge in [0.25, 0.3) is 0 Å². The van der Waals surface area contributed by atoms with Gasteiger partial charge in [-0.2, -0.15) is 0 Å². The largest absolute Gasteiger partial charge is 0.395 e. The summed E-state index contributed by atoms with van der Waals surface area (Å²) in [7, 11) is 1.62. The van der Waals surface area contributed by atoms with E-state index in [1.54, 1.807) is 13.3 Å². The Morgan fingerprint density at radius 3 is 2.76 bits per heavy atom. The van der Waals surface area contributed by atoms with Gasteiger partial charge in [0.15, 0.2) is 0 Å². The predicted octanol–water partition coefficient (Wildman–Crippen LogP) is 0.782. The molecule has 1 rings (SSSR count). The van der Waals surface area contributed by atoms with E-state index >= 15 is 0 Å². The standard InChI is InChI=1S/C11H17BrN2O3/c1-17-5-3-14(2-4-15)11-9(8-16)6-10(12)7-13-11/h6-7,15-16H,2-5,8H2,1H3. The highest BCUT2D eigenvalue weighted by atomic mass is 79.9. The molecule has 96 valence electrons. The monoisotopic (exact) mass is 304 g/mol. The zero-order valence-corrected chi connectivity index (χ0v) is 11.4. The lowest BCUT2D eigenvalue weighted by Gasteiger charge is -2.24. The van der Waals surface area contributed by atoms with Gasteiger partial charge in [-0.05, 0) is 22.0 Å². The number of hydrogen-bond donors (Lipinski definition) is 2. The highest BCUT2D eigenvalue weighted by molar-refractivity contribution is 9.10. The summed E-state index contributed by atoms with van der Waals surface area (Å²) in [5.41, 5.74) is 0.726. The number of anilines is 1. The second-order valence-corrected chi connectivity index (χ2v) is 4.41. The van der Waals surface area contributed by atoms with E-state index in [0.717, 1.165) is 10.0 Å². The minimum atomic E-state index is -0.0866. The summed E-state index contributed by atoms with van der Waals surface area (Å²) < 4.78 is 5.83. The van der Waals surface area contributed by atoms with Crippen molar-refractivity contribution < 1.29 is 14.9 Å². The summed E-state index contributed by atoms with van der Waals surface area (Å²) in [5, 5.41) is 18.3. The quantitative estimate of drug-likeness (QED) is 0.779. The molecule has 0 saturated carbocycles. The van der Waals surface area contributed by atoms with Crippen LogP contribution < -0.4 is 4.90 Å². The van der Waals surface area contributed by atoms with Gasteiger partial charge in [-0.3, -0.25) is 0 Å². The first kappa shape index (κ1) is 14.4. The van der Waals surface area contributed by atoms with E-state index in [1.165, 1.54) is 0 Å². The van der Waals surface area contributed by atoms with Crippen molar-refractivity contribution in [1.29, 1.82) is 0 Å². The molecule has 0 amide bonds. The highest BCUT2D eigenvalue weighted by Crippen LogP contribution is 2.21. The van der Waals surface area contributed by atoms with Crippen molar-refractivity contribution in [1.82, 2.24) is 4.98 Å². The normalized spacial score (nSPS) is 10.6. The van der Waals surface area contributed by atoms with Crippen molar-refractivity contribution in [2.75, 3.05) is 38.3 Å². The van der Waals surface area contributed by atoms with Crippen molar-refractivity contribution in [3.05, 3.63) is 22.3 Å². The van der Waals surface area contributed by atoms with Gasteiger partial charge in [-0.15, -0.1) is 0 Å². The molecule has 6 heteroatoms. The molecule has 0 aliphatic carbocycles. The zero-order valence-electron chi connectivity index (χ0n) is 9.77. The number of aliphatic hydroxyl groups is 2. The number of pyridine rings is 1. The van der Waals surface area contributed by atoms with Gasteiger partial charge >= 0.3 is 0 Å². The Labute approximate surface area is 109 Å². The van der Waals surface area contributed by atoms with Crippen LogP contribution in [0.2, 0.25) is 0 Å². The van der Waals surface area contributed by atoms with Gasteiger partial charge in [0.1, 0.15) is 5.82 Å². The number of aliphatic hydroxyl groups excluding tert-OH is 2. The fourth-order valence-corrected chi connectivity index (χ4v) is 1.90. The molecule has 0 aromatic carbocycles. The molecule has 0 unspecified atom stereocenters. The summed E-state index contributed by atoms with van der Waals surface area (Å²) in [4.78, 5) is 6.16. The molecule has 17 heavy (non-hydrogen) atoms. The Morgan fingerprint density at radius 1 is 1.41 bits per heavy atom. The molecule has 1 aromatic heterocycles. The zero-order chi connectivity index (χ0) is 12.7. The minimum Gasteiger partial charge on any atom is -0.395 e. The molecule has 0 atom stereocenters. The number of ether oxygens (including phenoxy) is 1. The van der Waals surface area contributed by atoms with Gasteiger partial charge < -0.3 is 19.8 Å². The van der Waals surface area contributed by atoms with E-state index < -0.39 is 0 Å². The maximum Gasteiger partial charge on any atom is 0.134 e. The molecule has 0 radical (unpaired) electrons. The van der Waals surface area contributed by atoms with E-state index in [9.17, 15) is 5.11 Å². The van der Waals surface area contributed by atoms with Crippen LogP contribution in [0.5, 0.6) is 0 Å². The Kier molecular flexibility index (Phi) is 6.43. The number of rotatable bonds is 7. The third-order valence-electron chi connectivity index (χ3n) is 2.31. The molecule has 0 aliphatic rings. The summed E-state index contributed by atoms with van der Waals surface area (Å²) in [5.74, 6) is 0.682. The van der Waals surface area contributed by atoms with Gasteiger partial charge in [0.05, 0.1) is 19.8 Å². The van der Waals surface area contributed by atoms with Crippen LogP contribution in [0, 0.1) is 0 Å². The third kappa shape index (κ3) is 4.23. The fraction of sp³-hybridized carbons (Fsp3) is 0.545. The van der Waals surface area contributed by atoms with Crippen LogP contribution in [0.4, 0.5) is 5.82 Å². The van der Waals surface area contributed by atoms with Gasteiger partial charge in [0, 0.05) is 36.4 Å². The van der Waals surface area contributed by atoms with E-state index in [-0.39, 0.29) is 13.2 Å². The third-order valence-corrected chi connectivity index (χ3v) is 2.75. The van der Waals surface area contributed by atoms with Crippen LogP contribution in [0.25, 0.3) is 0 Å². The summed E-state index contributed by atoms with van der Waals surface area (Å²) in [6, 6.07) is 1.82. The van der Waals surface area contributed by atoms with Crippen LogP contribution in [0.15, 0.2) is 16.7 Å². The predicted molar refractivity (Wildman–Crippen MR) is 69.0 cm³/mol. The van der Waals surface area contributed by atoms with E-state index in [2.05, 4.69) is 20.9 Å². The SMILES string of the molecule is COCCN(CCO)c1ncc(Br)cc1CO. The van der Waals surface area contributed by atoms with Crippen molar-refractivity contribution >= 4 is 21.7 Å². The number of hydrogen-bond acceptors (Lipinski definition) is 5. The molecule has 5 nitrogen and oxygen atoms in total. The Morgan fingerprint density at radius 2 is 2.18 bits per heavy atom. The summed E-state index contributed by atoms with van der Waals surface area (Å²) in [6.45, 7) is 1.58. The van der Waals surface area contributed by atoms with Crippen LogP contribution in [-0.2, 0) is 11.3 Å². The summed E-state index contributed by atoms with van der Waals surface area (Å²) >= 11 is 3.31. The maximum absolute atomic E-state index is 9.30. The summed E-state index contributed by atoms with van der Waals surface area (Å²) in [6.07, 6.45) is 1.67. The van der Waals surface area contributed by atoms with Crippen LogP contribution in [-0.4, -0.2) is 48.6 Å². The molecule has 0 aliphatic heterocycles. The molecular weight excluding hydrogens is 288 g/mol. The molecule has 1 heterocycles. The van der Waals surface area contributed by atoms with Crippen molar-refractivity contribution in [2.45, 2.75) is 6.61 Å². The van der Waals surface area contributed by atoms with Crippen molar-refractivity contribution in [3.8, 4) is 0 Å². The molecule has 0 bridgehead atoms. The molecule has 2 N–H and O–H groups in total. The highest BCUT2D eigenvalue weighted by Gasteiger charge is 2.12. The first-order valence-corrected chi connectivity index (χ1v) is 6.12. The molecule has 0 spiro atoms. The molecular formula is C11H17BrN2O3. The Bertz CT molecular complexity index is 349. The lowest BCUT2D eigenvalue weighted by Crippen LogP contribution is -2.31. The van der Waals surface area contributed by atoms with Gasteiger partial charge in [-0.25, -0.2) is 4.98 Å². The van der Waals surface area contributed by atoms with E-state index in [1.807, 2.05) is 11.0 Å². The average molecular weight is 305 g/mol. The van der Waals surface area contributed by atoms with Crippen molar-refractivity contribution in [2.24, 2.45) is 0 Å². The fourth-order valence-electron chi connectivity index (χ4n) is 1.52. The molecule has 1 aromatic rings. The van der Waals surface area contributed by atoms with Crippen LogP contribution >= 0.6 is 15.9 Å². The lowest BCUT2D eigenvalue weighted by molar-refractivity contribution is 0.202. The number of halogens is 1. The number of methoxy groups -OCH3 is 1. The maximum atomic E-state index is 9.30. The van der Waals surface area contributed by atoms with E-state index in [4.69, 9.17) is 9.84 Å². The Balaban J connectivity index is 2.91. The molecule has 0 fully saturated rings. The number of nitrogens with zero attached hydrogens (tertiary/aromatic N) is 2. The molecule has 0 saturated heterocycles. The number of aromatic nitrogens is 1. The topological polar surface area (TPSA) is 65.8 Å². The van der Waals surface area contributed by atoms with Crippen LogP contribution in [0.1, 0.15) is 5.56 Å². The first-order valence-electron chi connectivity index (χ1n) is 5.33. The first-order chi connectivity index (χ1) is 8.22. The van der Waals surface area contributed by atoms with Crippen LogP contribution in [0.3, 0.4) is 0 Å². The second kappa shape index (κ2) is 7.60. The van der Waals surface area contributed by atoms with Crippen molar-refractivity contribution in [3.63, 3.8) is 0 Å².